The molecule has 5 heteroatoms. The molecule has 2 rings (SSSR count). The number of nitrogens with zero attached hydrogens (tertiary/aromatic N) is 1. The summed E-state index contributed by atoms with van der Waals surface area (Å²) in [5, 5.41) is 3.30. The number of hydrogen-bond donors (Lipinski definition) is 2. The van der Waals surface area contributed by atoms with Crippen LogP contribution in [-0.4, -0.2) is 16.0 Å². The molecule has 0 saturated carbocycles. The molecule has 0 aliphatic heterocycles. The zero-order valence-electron chi connectivity index (χ0n) is 10.3. The van der Waals surface area contributed by atoms with Crippen LogP contribution in [0.3, 0.4) is 0 Å². The molecule has 0 atom stereocenters. The lowest BCUT2D eigenvalue weighted by Crippen LogP contribution is -2.21. The van der Waals surface area contributed by atoms with Gasteiger partial charge >= 0.3 is 0 Å². The monoisotopic (exact) mass is 311 g/mol. The van der Waals surface area contributed by atoms with Crippen LogP contribution >= 0.6 is 15.9 Å². The van der Waals surface area contributed by atoms with Crippen LogP contribution in [0.4, 0.5) is 4.39 Å². The molecule has 1 heterocycles. The minimum absolute atomic E-state index is 0.272. The predicted octanol–water partition coefficient (Wildman–Crippen LogP) is 3.48. The number of benzene rings is 1. The maximum absolute atomic E-state index is 13.2. The molecule has 1 aromatic heterocycles. The highest BCUT2D eigenvalue weighted by Gasteiger charge is 2.08. The van der Waals surface area contributed by atoms with E-state index in [1.165, 1.54) is 12.1 Å². The van der Waals surface area contributed by atoms with E-state index in [-0.39, 0.29) is 5.82 Å². The fraction of sp³-hybridized carbons (Fsp3) is 0.308. The summed E-state index contributed by atoms with van der Waals surface area (Å²) >= 11 is 3.40. The Morgan fingerprint density at radius 2 is 2.22 bits per heavy atom. The summed E-state index contributed by atoms with van der Waals surface area (Å²) in [6.07, 6.45) is 1.77. The third-order valence-corrected chi connectivity index (χ3v) is 3.20. The summed E-state index contributed by atoms with van der Waals surface area (Å²) in [5.74, 6) is 0.397. The maximum Gasteiger partial charge on any atom is 0.138 e. The number of imidazole rings is 1. The second kappa shape index (κ2) is 5.63. The molecule has 0 aliphatic rings. The normalized spacial score (nSPS) is 11.2. The molecular weight excluding hydrogens is 297 g/mol. The van der Waals surface area contributed by atoms with Crippen LogP contribution in [0.15, 0.2) is 28.9 Å². The molecule has 0 saturated heterocycles. The number of nitrogens with one attached hydrogen (secondary N) is 2. The number of hydrogen-bond acceptors (Lipinski definition) is 2. The summed E-state index contributed by atoms with van der Waals surface area (Å²) in [6, 6.07) is 4.97. The largest absolute Gasteiger partial charge is 0.341 e. The number of aromatic nitrogens is 2. The van der Waals surface area contributed by atoms with E-state index in [2.05, 4.69) is 45.1 Å². The predicted molar refractivity (Wildman–Crippen MR) is 73.7 cm³/mol. The van der Waals surface area contributed by atoms with Crippen LogP contribution in [0.1, 0.15) is 19.5 Å². The minimum Gasteiger partial charge on any atom is -0.341 e. The molecule has 2 aromatic rings. The van der Waals surface area contributed by atoms with Crippen molar-refractivity contribution in [2.75, 3.05) is 0 Å². The quantitative estimate of drug-likeness (QED) is 0.907. The van der Waals surface area contributed by atoms with Crippen molar-refractivity contribution in [3.8, 4) is 11.4 Å². The Morgan fingerprint density at radius 1 is 1.44 bits per heavy atom. The Kier molecular flexibility index (Phi) is 4.14. The topological polar surface area (TPSA) is 40.7 Å². The van der Waals surface area contributed by atoms with E-state index in [0.29, 0.717) is 11.9 Å². The van der Waals surface area contributed by atoms with Gasteiger partial charge in [0, 0.05) is 34.5 Å². The molecule has 0 unspecified atom stereocenters. The van der Waals surface area contributed by atoms with Crippen molar-refractivity contribution in [1.29, 1.82) is 0 Å². The van der Waals surface area contributed by atoms with Gasteiger partial charge in [-0.05, 0) is 18.2 Å². The second-order valence-corrected chi connectivity index (χ2v) is 5.27. The molecule has 0 fully saturated rings. The van der Waals surface area contributed by atoms with E-state index in [1.807, 2.05) is 0 Å². The fourth-order valence-corrected chi connectivity index (χ4v) is 2.01. The maximum atomic E-state index is 13.2. The number of rotatable bonds is 4. The summed E-state index contributed by atoms with van der Waals surface area (Å²) in [4.78, 5) is 7.46. The van der Waals surface area contributed by atoms with Gasteiger partial charge in [0.05, 0.1) is 0 Å². The van der Waals surface area contributed by atoms with Crippen LogP contribution in [0.25, 0.3) is 11.4 Å². The van der Waals surface area contributed by atoms with Crippen molar-refractivity contribution in [3.63, 3.8) is 0 Å². The highest BCUT2D eigenvalue weighted by atomic mass is 79.9. The molecule has 2 N–H and O–H groups in total. The standard InChI is InChI=1S/C13H15BrFN3/c1-8(2)16-6-10-7-17-13(18-10)11-5-9(15)3-4-12(11)14/h3-5,7-8,16H,6H2,1-2H3,(H,17,18). The fourth-order valence-electron chi connectivity index (χ4n) is 1.58. The molecule has 3 nitrogen and oxygen atoms in total. The molecule has 1 aromatic carbocycles. The van der Waals surface area contributed by atoms with Gasteiger partial charge in [0.1, 0.15) is 11.6 Å². The van der Waals surface area contributed by atoms with Crippen LogP contribution in [0.2, 0.25) is 0 Å². The Hall–Kier alpha value is -1.20. The minimum atomic E-state index is -0.272. The smallest absolute Gasteiger partial charge is 0.138 e. The zero-order chi connectivity index (χ0) is 13.1. The first kappa shape index (κ1) is 13.2. The molecular formula is C13H15BrFN3. The van der Waals surface area contributed by atoms with Gasteiger partial charge in [0.25, 0.3) is 0 Å². The van der Waals surface area contributed by atoms with E-state index in [4.69, 9.17) is 0 Å². The second-order valence-electron chi connectivity index (χ2n) is 4.42. The number of H-pyrrole nitrogens is 1. The van der Waals surface area contributed by atoms with Gasteiger partial charge in [-0.25, -0.2) is 9.37 Å². The summed E-state index contributed by atoms with van der Waals surface area (Å²) < 4.78 is 14.0. The van der Waals surface area contributed by atoms with Crippen molar-refractivity contribution >= 4 is 15.9 Å². The van der Waals surface area contributed by atoms with Gasteiger partial charge in [-0.1, -0.05) is 29.8 Å². The van der Waals surface area contributed by atoms with Crippen LogP contribution in [0.5, 0.6) is 0 Å². The highest BCUT2D eigenvalue weighted by molar-refractivity contribution is 9.10. The molecule has 0 aliphatic carbocycles. The van der Waals surface area contributed by atoms with Crippen molar-refractivity contribution < 1.29 is 4.39 Å². The van der Waals surface area contributed by atoms with E-state index >= 15 is 0 Å². The molecule has 0 spiro atoms. The molecule has 96 valence electrons. The van der Waals surface area contributed by atoms with Gasteiger partial charge in [-0.15, -0.1) is 0 Å². The third-order valence-electron chi connectivity index (χ3n) is 2.51. The molecule has 18 heavy (non-hydrogen) atoms. The van der Waals surface area contributed by atoms with E-state index in [1.54, 1.807) is 12.3 Å². The van der Waals surface area contributed by atoms with E-state index in [0.717, 1.165) is 22.3 Å². The number of halogens is 2. The first-order valence-corrected chi connectivity index (χ1v) is 6.58. The summed E-state index contributed by atoms with van der Waals surface area (Å²) in [7, 11) is 0. The lowest BCUT2D eigenvalue weighted by atomic mass is 10.2. The zero-order valence-corrected chi connectivity index (χ0v) is 11.9. The summed E-state index contributed by atoms with van der Waals surface area (Å²) in [6.45, 7) is 4.89. The Morgan fingerprint density at radius 3 is 2.94 bits per heavy atom. The Labute approximate surface area is 114 Å². The lowest BCUT2D eigenvalue weighted by molar-refractivity contribution is 0.583. The van der Waals surface area contributed by atoms with Crippen molar-refractivity contribution in [3.05, 3.63) is 40.4 Å². The van der Waals surface area contributed by atoms with Crippen molar-refractivity contribution in [2.24, 2.45) is 0 Å². The van der Waals surface area contributed by atoms with Gasteiger partial charge in [-0.2, -0.15) is 0 Å². The van der Waals surface area contributed by atoms with Crippen LogP contribution in [0, 0.1) is 5.82 Å². The van der Waals surface area contributed by atoms with Crippen molar-refractivity contribution in [1.82, 2.24) is 15.3 Å². The van der Waals surface area contributed by atoms with Crippen LogP contribution < -0.4 is 5.32 Å². The van der Waals surface area contributed by atoms with Crippen LogP contribution in [-0.2, 0) is 6.54 Å². The highest BCUT2D eigenvalue weighted by Crippen LogP contribution is 2.26. The van der Waals surface area contributed by atoms with Gasteiger partial charge in [0.15, 0.2) is 0 Å². The first-order chi connectivity index (χ1) is 8.56. The Bertz CT molecular complexity index is 537. The van der Waals surface area contributed by atoms with Gasteiger partial charge in [-0.3, -0.25) is 0 Å². The molecule has 0 radical (unpaired) electrons. The SMILES string of the molecule is CC(C)NCc1cnc(-c2cc(F)ccc2Br)[nH]1. The average Bonchev–Trinajstić information content (AvgIpc) is 2.78. The molecule has 0 amide bonds. The average molecular weight is 312 g/mol. The van der Waals surface area contributed by atoms with Gasteiger partial charge < -0.3 is 10.3 Å². The van der Waals surface area contributed by atoms with E-state index in [9.17, 15) is 4.39 Å². The lowest BCUT2D eigenvalue weighted by Gasteiger charge is -2.05. The first-order valence-electron chi connectivity index (χ1n) is 5.79. The van der Waals surface area contributed by atoms with Crippen molar-refractivity contribution in [2.45, 2.75) is 26.4 Å². The van der Waals surface area contributed by atoms with E-state index < -0.39 is 0 Å². The number of aromatic amines is 1. The Balaban J connectivity index is 2.21. The summed E-state index contributed by atoms with van der Waals surface area (Å²) in [5.41, 5.74) is 1.71. The van der Waals surface area contributed by atoms with Gasteiger partial charge in [0.2, 0.25) is 0 Å². The third kappa shape index (κ3) is 3.17. The molecule has 0 bridgehead atoms.